The van der Waals surface area contributed by atoms with Gasteiger partial charge in [0.25, 0.3) is 5.89 Å². The molecule has 1 fully saturated rings. The first kappa shape index (κ1) is 14.3. The summed E-state index contributed by atoms with van der Waals surface area (Å²) in [6.45, 7) is 5.74. The Labute approximate surface area is 133 Å². The van der Waals surface area contributed by atoms with Crippen molar-refractivity contribution in [1.82, 2.24) is 24.5 Å². The summed E-state index contributed by atoms with van der Waals surface area (Å²) in [5.41, 5.74) is 2.79. The van der Waals surface area contributed by atoms with Gasteiger partial charge in [-0.3, -0.25) is 4.40 Å². The Morgan fingerprint density at radius 1 is 1.22 bits per heavy atom. The summed E-state index contributed by atoms with van der Waals surface area (Å²) in [7, 11) is 2.07. The molecular formula is C16H19N5O2. The van der Waals surface area contributed by atoms with Gasteiger partial charge in [0, 0.05) is 19.3 Å². The van der Waals surface area contributed by atoms with Crippen molar-refractivity contribution >= 4 is 5.65 Å². The van der Waals surface area contributed by atoms with E-state index >= 15 is 0 Å². The molecule has 4 rings (SSSR count). The molecule has 0 bridgehead atoms. The molecule has 0 radical (unpaired) electrons. The number of likely N-dealkylation sites (N-methyl/N-ethyl adjacent to an activating group) is 1. The molecule has 0 aliphatic carbocycles. The first-order valence-electron chi connectivity index (χ1n) is 7.71. The first-order valence-corrected chi connectivity index (χ1v) is 7.71. The van der Waals surface area contributed by atoms with Crippen molar-refractivity contribution in [3.63, 3.8) is 0 Å². The molecule has 0 aromatic carbocycles. The van der Waals surface area contributed by atoms with Crippen molar-refractivity contribution < 1.29 is 9.15 Å². The molecule has 120 valence electrons. The molecule has 7 heteroatoms. The molecule has 0 amide bonds. The number of ether oxygens (including phenoxy) is 1. The van der Waals surface area contributed by atoms with E-state index in [-0.39, 0.29) is 12.2 Å². The van der Waals surface area contributed by atoms with Crippen LogP contribution in [-0.4, -0.2) is 50.7 Å². The molecule has 0 N–H and O–H groups in total. The van der Waals surface area contributed by atoms with E-state index in [1.165, 1.54) is 0 Å². The molecule has 1 aliphatic rings. The Bertz CT molecular complexity index is 830. The van der Waals surface area contributed by atoms with Crippen molar-refractivity contribution in [3.8, 4) is 11.6 Å². The fourth-order valence-corrected chi connectivity index (χ4v) is 3.01. The zero-order valence-corrected chi connectivity index (χ0v) is 13.4. The largest absolute Gasteiger partial charge is 0.416 e. The van der Waals surface area contributed by atoms with Crippen LogP contribution in [0.1, 0.15) is 24.5 Å². The Kier molecular flexibility index (Phi) is 3.39. The minimum atomic E-state index is -0.189. The van der Waals surface area contributed by atoms with Crippen LogP contribution in [0.2, 0.25) is 0 Å². The lowest BCUT2D eigenvalue weighted by Crippen LogP contribution is -2.40. The second kappa shape index (κ2) is 5.43. The van der Waals surface area contributed by atoms with Crippen molar-refractivity contribution in [2.75, 3.05) is 20.1 Å². The van der Waals surface area contributed by atoms with Gasteiger partial charge in [-0.1, -0.05) is 6.07 Å². The average molecular weight is 313 g/mol. The second-order valence-corrected chi connectivity index (χ2v) is 6.18. The number of pyridine rings is 1. The van der Waals surface area contributed by atoms with Crippen LogP contribution in [0.5, 0.6) is 0 Å². The highest BCUT2D eigenvalue weighted by Crippen LogP contribution is 2.27. The number of imidazole rings is 1. The summed E-state index contributed by atoms with van der Waals surface area (Å²) in [5, 5.41) is 8.37. The number of aryl methyl sites for hydroxylation is 1. The van der Waals surface area contributed by atoms with E-state index < -0.39 is 0 Å². The van der Waals surface area contributed by atoms with Crippen molar-refractivity contribution in [2.24, 2.45) is 0 Å². The summed E-state index contributed by atoms with van der Waals surface area (Å²) < 4.78 is 13.8. The highest BCUT2D eigenvalue weighted by atomic mass is 16.5. The third kappa shape index (κ3) is 2.62. The Balaban J connectivity index is 1.68. The molecule has 1 aliphatic heterocycles. The van der Waals surface area contributed by atoms with Crippen LogP contribution in [0.3, 0.4) is 0 Å². The number of hydrogen-bond acceptors (Lipinski definition) is 6. The lowest BCUT2D eigenvalue weighted by atomic mass is 10.2. The van der Waals surface area contributed by atoms with E-state index in [2.05, 4.69) is 27.1 Å². The van der Waals surface area contributed by atoms with Crippen molar-refractivity contribution in [2.45, 2.75) is 26.1 Å². The number of nitrogens with zero attached hydrogens (tertiary/aromatic N) is 5. The number of fused-ring (bicyclic) bond motifs is 1. The number of morpholine rings is 1. The highest BCUT2D eigenvalue weighted by molar-refractivity contribution is 5.55. The molecule has 2 atom stereocenters. The van der Waals surface area contributed by atoms with Crippen LogP contribution in [-0.2, 0) is 4.74 Å². The summed E-state index contributed by atoms with van der Waals surface area (Å²) >= 11 is 0. The number of rotatable bonds is 2. The van der Waals surface area contributed by atoms with Crippen LogP contribution in [0.25, 0.3) is 17.2 Å². The second-order valence-electron chi connectivity index (χ2n) is 6.18. The number of aromatic nitrogens is 4. The van der Waals surface area contributed by atoms with Crippen molar-refractivity contribution in [3.05, 3.63) is 36.0 Å². The lowest BCUT2D eigenvalue weighted by molar-refractivity contribution is -0.0821. The fourth-order valence-electron chi connectivity index (χ4n) is 3.01. The molecule has 3 aromatic rings. The van der Waals surface area contributed by atoms with Gasteiger partial charge in [0.2, 0.25) is 5.89 Å². The molecule has 4 heterocycles. The highest BCUT2D eigenvalue weighted by Gasteiger charge is 2.29. The smallest absolute Gasteiger partial charge is 0.266 e. The molecule has 0 saturated carbocycles. The molecule has 0 spiro atoms. The molecule has 3 aromatic heterocycles. The van der Waals surface area contributed by atoms with E-state index in [4.69, 9.17) is 9.15 Å². The molecule has 1 saturated heterocycles. The third-order valence-electron chi connectivity index (χ3n) is 4.03. The van der Waals surface area contributed by atoms with Gasteiger partial charge < -0.3 is 14.1 Å². The van der Waals surface area contributed by atoms with E-state index in [0.717, 1.165) is 30.0 Å². The Morgan fingerprint density at radius 2 is 2.09 bits per heavy atom. The van der Waals surface area contributed by atoms with Gasteiger partial charge in [-0.05, 0) is 32.5 Å². The van der Waals surface area contributed by atoms with Crippen LogP contribution >= 0.6 is 0 Å². The normalized spacial score (nSPS) is 22.7. The van der Waals surface area contributed by atoms with E-state index in [1.54, 1.807) is 6.20 Å². The van der Waals surface area contributed by atoms with Gasteiger partial charge >= 0.3 is 0 Å². The molecular weight excluding hydrogens is 294 g/mol. The van der Waals surface area contributed by atoms with E-state index in [1.807, 2.05) is 36.6 Å². The van der Waals surface area contributed by atoms with E-state index in [9.17, 15) is 0 Å². The standard InChI is InChI=1S/C16H19N5O2/c1-10-4-5-14-17-6-12(21(14)7-10)15-18-19-16(23-15)13-9-20(3)8-11(2)22-13/h4-7,11,13H,8-9H2,1-3H3/t11-,13-/m1/s1. The molecule has 23 heavy (non-hydrogen) atoms. The van der Waals surface area contributed by atoms with Gasteiger partial charge in [0.05, 0.1) is 12.3 Å². The Morgan fingerprint density at radius 3 is 2.91 bits per heavy atom. The van der Waals surface area contributed by atoms with Gasteiger partial charge in [0.1, 0.15) is 17.4 Å². The van der Waals surface area contributed by atoms with Crippen LogP contribution in [0.4, 0.5) is 0 Å². The van der Waals surface area contributed by atoms with Gasteiger partial charge in [0.15, 0.2) is 0 Å². The zero-order valence-electron chi connectivity index (χ0n) is 13.4. The third-order valence-corrected chi connectivity index (χ3v) is 4.03. The van der Waals surface area contributed by atoms with Gasteiger partial charge in [-0.15, -0.1) is 10.2 Å². The molecule has 0 unspecified atom stereocenters. The minimum absolute atomic E-state index is 0.146. The number of hydrogen-bond donors (Lipinski definition) is 0. The van der Waals surface area contributed by atoms with Crippen LogP contribution in [0.15, 0.2) is 28.9 Å². The average Bonchev–Trinajstić information content (AvgIpc) is 3.11. The Hall–Kier alpha value is -2.25. The summed E-state index contributed by atoms with van der Waals surface area (Å²) in [4.78, 5) is 6.59. The minimum Gasteiger partial charge on any atom is -0.416 e. The van der Waals surface area contributed by atoms with Gasteiger partial charge in [-0.2, -0.15) is 0 Å². The lowest BCUT2D eigenvalue weighted by Gasteiger charge is -2.32. The topological polar surface area (TPSA) is 68.7 Å². The maximum atomic E-state index is 5.92. The molecule has 7 nitrogen and oxygen atoms in total. The summed E-state index contributed by atoms with van der Waals surface area (Å²) in [6.07, 6.45) is 3.72. The van der Waals surface area contributed by atoms with Crippen LogP contribution < -0.4 is 0 Å². The van der Waals surface area contributed by atoms with Crippen LogP contribution in [0, 0.1) is 6.92 Å². The summed E-state index contributed by atoms with van der Waals surface area (Å²) in [5.74, 6) is 0.976. The predicted octanol–water partition coefficient (Wildman–Crippen LogP) is 2.08. The SMILES string of the molecule is Cc1ccc2ncc(-c3nnc([C@H]4CN(C)C[C@@H](C)O4)o3)n2c1. The van der Waals surface area contributed by atoms with Gasteiger partial charge in [-0.25, -0.2) is 4.98 Å². The predicted molar refractivity (Wildman–Crippen MR) is 84.0 cm³/mol. The van der Waals surface area contributed by atoms with E-state index in [0.29, 0.717) is 11.8 Å². The quantitative estimate of drug-likeness (QED) is 0.721. The maximum absolute atomic E-state index is 5.92. The first-order chi connectivity index (χ1) is 11.1. The fraction of sp³-hybridized carbons (Fsp3) is 0.438. The monoisotopic (exact) mass is 313 g/mol. The maximum Gasteiger partial charge on any atom is 0.266 e. The zero-order chi connectivity index (χ0) is 16.0. The summed E-state index contributed by atoms with van der Waals surface area (Å²) in [6, 6.07) is 4.00. The van der Waals surface area contributed by atoms with Crippen molar-refractivity contribution in [1.29, 1.82) is 0 Å².